The molecule has 0 unspecified atom stereocenters. The van der Waals surface area contributed by atoms with Crippen molar-refractivity contribution in [2.24, 2.45) is 11.7 Å². The van der Waals surface area contributed by atoms with Crippen LogP contribution in [0.25, 0.3) is 0 Å². The Labute approximate surface area is 157 Å². The van der Waals surface area contributed by atoms with Crippen molar-refractivity contribution in [2.45, 2.75) is 26.3 Å². The average molecular weight is 377 g/mol. The molecule has 1 aliphatic heterocycles. The van der Waals surface area contributed by atoms with Gasteiger partial charge in [0.1, 0.15) is 11.7 Å². The molecule has 0 aromatic heterocycles. The van der Waals surface area contributed by atoms with Crippen molar-refractivity contribution in [2.75, 3.05) is 13.2 Å². The summed E-state index contributed by atoms with van der Waals surface area (Å²) in [4.78, 5) is 23.7. The molecular weight excluding hydrogens is 354 g/mol. The molecule has 2 rings (SSSR count). The van der Waals surface area contributed by atoms with E-state index >= 15 is 0 Å². The maximum atomic E-state index is 12.6. The number of allylic oxidation sites excluding steroid dienone is 1. The van der Waals surface area contributed by atoms with Gasteiger partial charge in [0.25, 0.3) is 5.91 Å². The zero-order chi connectivity index (χ0) is 19.1. The fourth-order valence-electron chi connectivity index (χ4n) is 2.82. The topological polar surface area (TPSA) is 103 Å². The Morgan fingerprint density at radius 1 is 1.31 bits per heavy atom. The van der Waals surface area contributed by atoms with E-state index in [-0.39, 0.29) is 19.2 Å². The zero-order valence-electron chi connectivity index (χ0n) is 14.8. The SMILES string of the molecule is CC/C=C1/NC(=S)N[C@@H](c2ccccc2OCC(N)=O)[C@@H]1C(=O)OCC. The van der Waals surface area contributed by atoms with Crippen LogP contribution in [-0.2, 0) is 14.3 Å². The van der Waals surface area contributed by atoms with Gasteiger partial charge in [0.05, 0.1) is 12.6 Å². The minimum atomic E-state index is -0.625. The third-order valence-electron chi connectivity index (χ3n) is 3.80. The van der Waals surface area contributed by atoms with Gasteiger partial charge in [-0.1, -0.05) is 31.2 Å². The number of para-hydroxylation sites is 1. The molecule has 1 aliphatic rings. The Kier molecular flexibility index (Phi) is 6.97. The van der Waals surface area contributed by atoms with E-state index in [1.54, 1.807) is 19.1 Å². The summed E-state index contributed by atoms with van der Waals surface area (Å²) in [6, 6.07) is 6.64. The minimum absolute atomic E-state index is 0.256. The van der Waals surface area contributed by atoms with Gasteiger partial charge in [-0.25, -0.2) is 0 Å². The van der Waals surface area contributed by atoms with Gasteiger partial charge in [0.2, 0.25) is 0 Å². The summed E-state index contributed by atoms with van der Waals surface area (Å²) in [5.41, 5.74) is 6.55. The Morgan fingerprint density at radius 2 is 2.04 bits per heavy atom. The van der Waals surface area contributed by atoms with Crippen LogP contribution < -0.4 is 21.1 Å². The molecule has 0 radical (unpaired) electrons. The van der Waals surface area contributed by atoms with E-state index in [1.165, 1.54) is 0 Å². The van der Waals surface area contributed by atoms with E-state index < -0.39 is 17.9 Å². The van der Waals surface area contributed by atoms with Crippen molar-refractivity contribution in [1.82, 2.24) is 10.6 Å². The van der Waals surface area contributed by atoms with Crippen LogP contribution in [0.15, 0.2) is 36.0 Å². The lowest BCUT2D eigenvalue weighted by Gasteiger charge is -2.36. The lowest BCUT2D eigenvalue weighted by atomic mass is 9.87. The van der Waals surface area contributed by atoms with E-state index in [9.17, 15) is 9.59 Å². The van der Waals surface area contributed by atoms with Gasteiger partial charge >= 0.3 is 5.97 Å². The Hall–Kier alpha value is -2.61. The molecule has 0 aliphatic carbocycles. The number of amides is 1. The number of esters is 1. The second kappa shape index (κ2) is 9.19. The Bertz CT molecular complexity index is 720. The normalized spacial score (nSPS) is 20.8. The maximum absolute atomic E-state index is 12.6. The van der Waals surface area contributed by atoms with E-state index in [1.807, 2.05) is 25.1 Å². The van der Waals surface area contributed by atoms with E-state index in [0.717, 1.165) is 6.42 Å². The number of carbonyl (C=O) groups is 2. The van der Waals surface area contributed by atoms with E-state index in [0.29, 0.717) is 22.1 Å². The predicted octanol–water partition coefficient (Wildman–Crippen LogP) is 1.54. The molecule has 0 spiro atoms. The number of nitrogens with one attached hydrogen (secondary N) is 2. The van der Waals surface area contributed by atoms with Crippen LogP contribution in [0.1, 0.15) is 31.9 Å². The van der Waals surface area contributed by atoms with Crippen LogP contribution in [0.4, 0.5) is 0 Å². The lowest BCUT2D eigenvalue weighted by Crippen LogP contribution is -2.51. The summed E-state index contributed by atoms with van der Waals surface area (Å²) in [6.45, 7) is 3.75. The number of carbonyl (C=O) groups excluding carboxylic acids is 2. The van der Waals surface area contributed by atoms with Gasteiger partial charge in [-0.3, -0.25) is 9.59 Å². The van der Waals surface area contributed by atoms with Crippen LogP contribution in [0.5, 0.6) is 5.75 Å². The first-order chi connectivity index (χ1) is 12.5. The molecule has 1 amide bonds. The quantitative estimate of drug-likeness (QED) is 0.489. The molecule has 1 aromatic rings. The summed E-state index contributed by atoms with van der Waals surface area (Å²) in [5.74, 6) is -1.12. The lowest BCUT2D eigenvalue weighted by molar-refractivity contribution is -0.147. The third-order valence-corrected chi connectivity index (χ3v) is 4.02. The van der Waals surface area contributed by atoms with Gasteiger partial charge in [-0.05, 0) is 31.6 Å². The van der Waals surface area contributed by atoms with Crippen molar-refractivity contribution >= 4 is 29.2 Å². The number of thiocarbonyl (C=S) groups is 1. The molecule has 2 atom stereocenters. The maximum Gasteiger partial charge on any atom is 0.317 e. The van der Waals surface area contributed by atoms with Gasteiger partial charge in [0, 0.05) is 11.3 Å². The number of primary amides is 1. The predicted molar refractivity (Wildman–Crippen MR) is 101 cm³/mol. The second-order valence-electron chi connectivity index (χ2n) is 5.67. The Morgan fingerprint density at radius 3 is 2.69 bits per heavy atom. The largest absolute Gasteiger partial charge is 0.483 e. The summed E-state index contributed by atoms with van der Waals surface area (Å²) >= 11 is 5.30. The fraction of sp³-hybridized carbons (Fsp3) is 0.389. The number of nitrogens with two attached hydrogens (primary N) is 1. The van der Waals surface area contributed by atoms with Gasteiger partial charge in [0.15, 0.2) is 11.7 Å². The monoisotopic (exact) mass is 377 g/mol. The van der Waals surface area contributed by atoms with Crippen molar-refractivity contribution in [3.05, 3.63) is 41.6 Å². The van der Waals surface area contributed by atoms with Gasteiger partial charge in [-0.2, -0.15) is 0 Å². The highest BCUT2D eigenvalue weighted by atomic mass is 32.1. The zero-order valence-corrected chi connectivity index (χ0v) is 15.6. The van der Waals surface area contributed by atoms with Crippen LogP contribution in [0.3, 0.4) is 0 Å². The third kappa shape index (κ3) is 4.72. The molecule has 0 saturated carbocycles. The van der Waals surface area contributed by atoms with Crippen molar-refractivity contribution in [3.63, 3.8) is 0 Å². The highest BCUT2D eigenvalue weighted by Crippen LogP contribution is 2.36. The van der Waals surface area contributed by atoms with Crippen LogP contribution in [0, 0.1) is 5.92 Å². The first kappa shape index (κ1) is 19.7. The summed E-state index contributed by atoms with van der Waals surface area (Å²) in [6.07, 6.45) is 2.64. The molecule has 8 heteroatoms. The molecule has 140 valence electrons. The molecule has 1 fully saturated rings. The smallest absolute Gasteiger partial charge is 0.317 e. The minimum Gasteiger partial charge on any atom is -0.483 e. The number of hydrogen-bond donors (Lipinski definition) is 3. The number of benzene rings is 1. The highest BCUT2D eigenvalue weighted by Gasteiger charge is 2.39. The van der Waals surface area contributed by atoms with Crippen LogP contribution in [-0.4, -0.2) is 30.2 Å². The molecule has 1 saturated heterocycles. The Balaban J connectivity index is 2.45. The van der Waals surface area contributed by atoms with Crippen molar-refractivity contribution < 1.29 is 19.1 Å². The molecule has 1 heterocycles. The second-order valence-corrected chi connectivity index (χ2v) is 6.07. The average Bonchev–Trinajstić information content (AvgIpc) is 2.60. The summed E-state index contributed by atoms with van der Waals surface area (Å²) < 4.78 is 10.8. The van der Waals surface area contributed by atoms with Crippen molar-refractivity contribution in [1.29, 1.82) is 0 Å². The van der Waals surface area contributed by atoms with E-state index in [4.69, 9.17) is 27.4 Å². The van der Waals surface area contributed by atoms with Gasteiger partial charge in [-0.15, -0.1) is 0 Å². The standard InChI is InChI=1S/C18H23N3O4S/c1-3-7-12-15(17(23)24-4-2)16(21-18(26)20-12)11-8-5-6-9-13(11)25-10-14(19)22/h5-9,15-16H,3-4,10H2,1-2H3,(H2,19,22)(H2,20,21,26)/b12-7+/t15-,16+/m1/s1. The van der Waals surface area contributed by atoms with Gasteiger partial charge < -0.3 is 25.8 Å². The molecule has 4 N–H and O–H groups in total. The fourth-order valence-corrected chi connectivity index (χ4v) is 3.06. The molecule has 1 aromatic carbocycles. The molecule has 7 nitrogen and oxygen atoms in total. The number of rotatable bonds is 7. The highest BCUT2D eigenvalue weighted by molar-refractivity contribution is 7.80. The van der Waals surface area contributed by atoms with Crippen molar-refractivity contribution in [3.8, 4) is 5.75 Å². The number of ether oxygens (including phenoxy) is 2. The van der Waals surface area contributed by atoms with Crippen LogP contribution in [0.2, 0.25) is 0 Å². The first-order valence-electron chi connectivity index (χ1n) is 8.42. The van der Waals surface area contributed by atoms with Crippen LogP contribution >= 0.6 is 12.2 Å². The molecular formula is C18H23N3O4S. The number of hydrogen-bond acceptors (Lipinski definition) is 5. The molecule has 26 heavy (non-hydrogen) atoms. The first-order valence-corrected chi connectivity index (χ1v) is 8.82. The molecule has 0 bridgehead atoms. The summed E-state index contributed by atoms with van der Waals surface area (Å²) in [5, 5.41) is 6.57. The van der Waals surface area contributed by atoms with E-state index in [2.05, 4.69) is 10.6 Å². The summed E-state index contributed by atoms with van der Waals surface area (Å²) in [7, 11) is 0.